The number of hydrazone groups is 1. The Bertz CT molecular complexity index is 1220. The number of halogens is 1. The lowest BCUT2D eigenvalue weighted by Crippen LogP contribution is -2.31. The van der Waals surface area contributed by atoms with Crippen LogP contribution >= 0.6 is 0 Å². The predicted molar refractivity (Wildman–Crippen MR) is 133 cm³/mol. The maximum absolute atomic E-state index is 13.3. The van der Waals surface area contributed by atoms with Crippen LogP contribution in [-0.2, 0) is 4.79 Å². The largest absolute Gasteiger partial charge is 0.493 e. The lowest BCUT2D eigenvalue weighted by Gasteiger charge is -2.26. The first-order valence-electron chi connectivity index (χ1n) is 11.4. The zero-order chi connectivity index (χ0) is 25.3. The highest BCUT2D eigenvalue weighted by molar-refractivity contribution is 5.81. The zero-order valence-electron chi connectivity index (χ0n) is 19.6. The minimum Gasteiger partial charge on any atom is -0.493 e. The van der Waals surface area contributed by atoms with Crippen LogP contribution in [0, 0.1) is 5.82 Å². The second kappa shape index (κ2) is 11.8. The Balaban J connectivity index is 1.51. The molecular formula is C24H26FN7O4. The second-order valence-electron chi connectivity index (χ2n) is 7.92. The van der Waals surface area contributed by atoms with Crippen molar-refractivity contribution in [3.05, 3.63) is 53.8 Å². The molecule has 2 aromatic carbocycles. The quantitative estimate of drug-likeness (QED) is 0.282. The van der Waals surface area contributed by atoms with E-state index < -0.39 is 12.6 Å². The van der Waals surface area contributed by atoms with Crippen LogP contribution < -0.4 is 25.1 Å². The van der Waals surface area contributed by atoms with Crippen LogP contribution in [-0.4, -0.2) is 59.0 Å². The number of aromatic nitrogens is 3. The standard InChI is InChI=1S/C24H26FN7O4/c1-35-20-13-16(5-10-19(20)36-15-21(33)34)14-26-31-23-28-22(27-18-8-6-17(25)7-9-18)29-24(30-23)32-11-3-2-4-12-32/h5-10,13-14H,2-4,11-12,15H2,1H3,(H,33,34)(H2,27,28,29,30,31)/b26-14+. The summed E-state index contributed by atoms with van der Waals surface area (Å²) in [5, 5.41) is 16.1. The van der Waals surface area contributed by atoms with E-state index in [9.17, 15) is 9.18 Å². The van der Waals surface area contributed by atoms with Crippen LogP contribution in [0.25, 0.3) is 0 Å². The van der Waals surface area contributed by atoms with E-state index >= 15 is 0 Å². The smallest absolute Gasteiger partial charge is 0.341 e. The van der Waals surface area contributed by atoms with Crippen LogP contribution in [0.2, 0.25) is 0 Å². The number of nitrogens with one attached hydrogen (secondary N) is 2. The Labute approximate surface area is 207 Å². The van der Waals surface area contributed by atoms with Crippen molar-refractivity contribution in [1.29, 1.82) is 0 Å². The van der Waals surface area contributed by atoms with E-state index in [4.69, 9.17) is 14.6 Å². The van der Waals surface area contributed by atoms with E-state index in [2.05, 4.69) is 35.7 Å². The van der Waals surface area contributed by atoms with Gasteiger partial charge >= 0.3 is 5.97 Å². The molecule has 188 valence electrons. The Morgan fingerprint density at radius 2 is 1.83 bits per heavy atom. The van der Waals surface area contributed by atoms with Gasteiger partial charge in [-0.3, -0.25) is 0 Å². The SMILES string of the molecule is COc1cc(/C=N/Nc2nc(Nc3ccc(F)cc3)nc(N3CCCCC3)n2)ccc1OCC(=O)O. The van der Waals surface area contributed by atoms with Gasteiger partial charge in [0.2, 0.25) is 17.8 Å². The number of benzene rings is 2. The monoisotopic (exact) mass is 495 g/mol. The first-order chi connectivity index (χ1) is 17.5. The first-order valence-corrected chi connectivity index (χ1v) is 11.4. The van der Waals surface area contributed by atoms with Gasteiger partial charge in [-0.1, -0.05) is 0 Å². The van der Waals surface area contributed by atoms with Gasteiger partial charge in [0.1, 0.15) is 5.82 Å². The molecule has 11 nitrogen and oxygen atoms in total. The van der Waals surface area contributed by atoms with Crippen molar-refractivity contribution in [1.82, 2.24) is 15.0 Å². The summed E-state index contributed by atoms with van der Waals surface area (Å²) in [4.78, 5) is 26.3. The fourth-order valence-corrected chi connectivity index (χ4v) is 3.56. The molecule has 4 rings (SSSR count). The highest BCUT2D eigenvalue weighted by atomic mass is 19.1. The lowest BCUT2D eigenvalue weighted by molar-refractivity contribution is -0.139. The average molecular weight is 496 g/mol. The molecule has 1 fully saturated rings. The van der Waals surface area contributed by atoms with E-state index in [0.29, 0.717) is 34.6 Å². The van der Waals surface area contributed by atoms with Crippen LogP contribution in [0.15, 0.2) is 47.6 Å². The highest BCUT2D eigenvalue weighted by Gasteiger charge is 2.16. The Morgan fingerprint density at radius 3 is 2.56 bits per heavy atom. The molecule has 0 atom stereocenters. The summed E-state index contributed by atoms with van der Waals surface area (Å²) >= 11 is 0. The van der Waals surface area contributed by atoms with Crippen LogP contribution in [0.1, 0.15) is 24.8 Å². The summed E-state index contributed by atoms with van der Waals surface area (Å²) in [5.41, 5.74) is 4.15. The summed E-state index contributed by atoms with van der Waals surface area (Å²) in [7, 11) is 1.46. The number of carbonyl (C=O) groups is 1. The maximum Gasteiger partial charge on any atom is 0.341 e. The molecule has 0 aliphatic carbocycles. The van der Waals surface area contributed by atoms with Crippen molar-refractivity contribution in [3.63, 3.8) is 0 Å². The molecule has 2 heterocycles. The molecule has 1 aliphatic heterocycles. The minimum absolute atomic E-state index is 0.236. The van der Waals surface area contributed by atoms with E-state index in [1.54, 1.807) is 36.5 Å². The number of carboxylic acid groups (broad SMARTS) is 1. The molecule has 0 spiro atoms. The van der Waals surface area contributed by atoms with E-state index in [0.717, 1.165) is 25.9 Å². The third-order valence-electron chi connectivity index (χ3n) is 5.28. The third kappa shape index (κ3) is 6.78. The van der Waals surface area contributed by atoms with Crippen LogP contribution in [0.5, 0.6) is 11.5 Å². The average Bonchev–Trinajstić information content (AvgIpc) is 2.89. The predicted octanol–water partition coefficient (Wildman–Crippen LogP) is 3.66. The van der Waals surface area contributed by atoms with Gasteiger partial charge in [-0.05, 0) is 67.3 Å². The van der Waals surface area contributed by atoms with Gasteiger partial charge in [-0.15, -0.1) is 0 Å². The molecule has 0 unspecified atom stereocenters. The number of aliphatic carboxylic acids is 1. The molecule has 0 amide bonds. The van der Waals surface area contributed by atoms with E-state index in [1.807, 2.05) is 0 Å². The van der Waals surface area contributed by atoms with Crippen LogP contribution in [0.3, 0.4) is 0 Å². The number of piperidine rings is 1. The van der Waals surface area contributed by atoms with E-state index in [1.165, 1.54) is 25.7 Å². The number of anilines is 4. The number of carboxylic acids is 1. The number of hydrogen-bond donors (Lipinski definition) is 3. The van der Waals surface area contributed by atoms with Gasteiger partial charge in [0.25, 0.3) is 0 Å². The second-order valence-corrected chi connectivity index (χ2v) is 7.92. The summed E-state index contributed by atoms with van der Waals surface area (Å²) in [6.07, 6.45) is 4.82. The summed E-state index contributed by atoms with van der Waals surface area (Å²) in [6, 6.07) is 10.9. The van der Waals surface area contributed by atoms with Gasteiger partial charge in [0.05, 0.1) is 13.3 Å². The van der Waals surface area contributed by atoms with Gasteiger partial charge in [0, 0.05) is 18.8 Å². The Hall–Kier alpha value is -4.48. The number of ether oxygens (including phenoxy) is 2. The molecule has 0 bridgehead atoms. The molecule has 0 radical (unpaired) electrons. The number of hydrogen-bond acceptors (Lipinski definition) is 10. The zero-order valence-corrected chi connectivity index (χ0v) is 19.6. The molecule has 3 N–H and O–H groups in total. The fraction of sp³-hybridized carbons (Fsp3) is 0.292. The third-order valence-corrected chi connectivity index (χ3v) is 5.28. The van der Waals surface area contributed by atoms with Crippen molar-refractivity contribution in [3.8, 4) is 11.5 Å². The van der Waals surface area contributed by atoms with Crippen molar-refractivity contribution in [2.45, 2.75) is 19.3 Å². The molecule has 0 saturated carbocycles. The van der Waals surface area contributed by atoms with Gasteiger partial charge in [-0.25, -0.2) is 14.6 Å². The summed E-state index contributed by atoms with van der Waals surface area (Å²) in [5.74, 6) is 0.329. The Morgan fingerprint density at radius 1 is 1.08 bits per heavy atom. The normalized spacial score (nSPS) is 13.4. The van der Waals surface area contributed by atoms with Crippen molar-refractivity contribution in [2.75, 3.05) is 42.4 Å². The molecule has 1 aliphatic rings. The van der Waals surface area contributed by atoms with Crippen LogP contribution in [0.4, 0.5) is 27.9 Å². The van der Waals surface area contributed by atoms with Crippen molar-refractivity contribution in [2.24, 2.45) is 5.10 Å². The van der Waals surface area contributed by atoms with Gasteiger partial charge < -0.3 is 24.8 Å². The molecule has 36 heavy (non-hydrogen) atoms. The number of nitrogens with zero attached hydrogens (tertiary/aromatic N) is 5. The minimum atomic E-state index is -1.08. The maximum atomic E-state index is 13.3. The van der Waals surface area contributed by atoms with Gasteiger partial charge in [-0.2, -0.15) is 20.1 Å². The number of methoxy groups -OCH3 is 1. The summed E-state index contributed by atoms with van der Waals surface area (Å²) in [6.45, 7) is 1.22. The molecular weight excluding hydrogens is 469 g/mol. The molecule has 1 saturated heterocycles. The van der Waals surface area contributed by atoms with Gasteiger partial charge in [0.15, 0.2) is 18.1 Å². The topological polar surface area (TPSA) is 134 Å². The molecule has 1 aromatic heterocycles. The Kier molecular flexibility index (Phi) is 8.06. The highest BCUT2D eigenvalue weighted by Crippen LogP contribution is 2.27. The van der Waals surface area contributed by atoms with E-state index in [-0.39, 0.29) is 11.8 Å². The van der Waals surface area contributed by atoms with Crippen molar-refractivity contribution < 1.29 is 23.8 Å². The fourth-order valence-electron chi connectivity index (χ4n) is 3.56. The van der Waals surface area contributed by atoms with Crippen molar-refractivity contribution >= 4 is 35.7 Å². The summed E-state index contributed by atoms with van der Waals surface area (Å²) < 4.78 is 23.8. The number of rotatable bonds is 10. The first kappa shape index (κ1) is 24.6. The molecule has 3 aromatic rings. The lowest BCUT2D eigenvalue weighted by atomic mass is 10.1. The molecule has 12 heteroatoms.